The third-order valence-electron chi connectivity index (χ3n) is 5.75. The van der Waals surface area contributed by atoms with E-state index in [1.165, 1.54) is 4.31 Å². The van der Waals surface area contributed by atoms with E-state index in [9.17, 15) is 13.2 Å². The molecule has 4 rings (SSSR count). The van der Waals surface area contributed by atoms with E-state index in [4.69, 9.17) is 0 Å². The van der Waals surface area contributed by atoms with Gasteiger partial charge in [0.15, 0.2) is 0 Å². The lowest BCUT2D eigenvalue weighted by atomic mass is 9.98. The first-order valence-electron chi connectivity index (χ1n) is 10.2. The first kappa shape index (κ1) is 20.6. The zero-order chi connectivity index (χ0) is 21.3. The number of sulfonamides is 1. The third-order valence-corrected chi connectivity index (χ3v) is 7.61. The monoisotopic (exact) mass is 422 g/mol. The van der Waals surface area contributed by atoms with Gasteiger partial charge in [-0.2, -0.15) is 4.31 Å². The van der Waals surface area contributed by atoms with Crippen LogP contribution in [0.1, 0.15) is 24.0 Å². The molecule has 0 radical (unpaired) electrons. The van der Waals surface area contributed by atoms with Gasteiger partial charge in [0.05, 0.1) is 10.8 Å². The van der Waals surface area contributed by atoms with Gasteiger partial charge < -0.3 is 5.32 Å². The Morgan fingerprint density at radius 3 is 2.53 bits per heavy atom. The van der Waals surface area contributed by atoms with E-state index < -0.39 is 10.0 Å². The van der Waals surface area contributed by atoms with Crippen LogP contribution in [-0.2, 0) is 14.8 Å². The van der Waals surface area contributed by atoms with Gasteiger partial charge in [0.2, 0.25) is 15.9 Å². The number of nitrogens with zero attached hydrogens (tertiary/aromatic N) is 1. The molecule has 3 aromatic carbocycles. The fraction of sp³-hybridized carbons (Fsp3) is 0.292. The van der Waals surface area contributed by atoms with Crippen LogP contribution in [0.15, 0.2) is 65.6 Å². The van der Waals surface area contributed by atoms with Crippen LogP contribution in [-0.4, -0.2) is 31.7 Å². The van der Waals surface area contributed by atoms with Gasteiger partial charge in [0.25, 0.3) is 0 Å². The van der Waals surface area contributed by atoms with Crippen molar-refractivity contribution < 1.29 is 13.2 Å². The average molecular weight is 423 g/mol. The van der Waals surface area contributed by atoms with E-state index in [1.54, 1.807) is 12.1 Å². The molecule has 30 heavy (non-hydrogen) atoms. The Kier molecular flexibility index (Phi) is 5.62. The van der Waals surface area contributed by atoms with E-state index in [1.807, 2.05) is 62.4 Å². The molecule has 5 nitrogen and oxygen atoms in total. The molecule has 1 N–H and O–H groups in total. The van der Waals surface area contributed by atoms with Gasteiger partial charge in [0, 0.05) is 18.8 Å². The zero-order valence-electron chi connectivity index (χ0n) is 17.3. The molecule has 0 spiro atoms. The lowest BCUT2D eigenvalue weighted by molar-refractivity contribution is -0.120. The molecule has 1 saturated heterocycles. The number of amides is 1. The van der Waals surface area contributed by atoms with Crippen LogP contribution < -0.4 is 5.32 Å². The summed E-state index contributed by atoms with van der Waals surface area (Å²) in [6, 6.07) is 18.8. The average Bonchev–Trinajstić information content (AvgIpc) is 2.75. The number of hydrogen-bond acceptors (Lipinski definition) is 3. The molecular weight excluding hydrogens is 396 g/mol. The van der Waals surface area contributed by atoms with E-state index >= 15 is 0 Å². The quantitative estimate of drug-likeness (QED) is 0.673. The number of piperidine rings is 1. The first-order chi connectivity index (χ1) is 14.3. The number of fused-ring (bicyclic) bond motifs is 1. The number of nitrogens with one attached hydrogen (secondary N) is 1. The van der Waals surface area contributed by atoms with Gasteiger partial charge >= 0.3 is 0 Å². The molecule has 1 aliphatic rings. The van der Waals surface area contributed by atoms with Crippen molar-refractivity contribution in [2.24, 2.45) is 5.92 Å². The van der Waals surface area contributed by atoms with Crippen molar-refractivity contribution in [3.63, 3.8) is 0 Å². The fourth-order valence-corrected chi connectivity index (χ4v) is 5.60. The molecule has 1 amide bonds. The highest BCUT2D eigenvalue weighted by Crippen LogP contribution is 2.27. The minimum Gasteiger partial charge on any atom is -0.326 e. The Morgan fingerprint density at radius 1 is 1.00 bits per heavy atom. The van der Waals surface area contributed by atoms with E-state index in [-0.39, 0.29) is 23.3 Å². The van der Waals surface area contributed by atoms with Gasteiger partial charge in [-0.15, -0.1) is 0 Å². The van der Waals surface area contributed by atoms with Crippen molar-refractivity contribution in [3.05, 3.63) is 71.8 Å². The number of aryl methyl sites for hydroxylation is 2. The van der Waals surface area contributed by atoms with Crippen LogP contribution in [0.4, 0.5) is 5.69 Å². The minimum atomic E-state index is -3.65. The molecule has 0 bridgehead atoms. The Balaban J connectivity index is 1.52. The van der Waals surface area contributed by atoms with Crippen LogP contribution in [0.25, 0.3) is 10.8 Å². The summed E-state index contributed by atoms with van der Waals surface area (Å²) in [4.78, 5) is 13.1. The third kappa shape index (κ3) is 4.11. The van der Waals surface area contributed by atoms with Crippen LogP contribution in [0.2, 0.25) is 0 Å². The molecule has 156 valence electrons. The second-order valence-corrected chi connectivity index (χ2v) is 9.96. The van der Waals surface area contributed by atoms with Crippen LogP contribution >= 0.6 is 0 Å². The van der Waals surface area contributed by atoms with Crippen molar-refractivity contribution in [1.29, 1.82) is 0 Å². The summed E-state index contributed by atoms with van der Waals surface area (Å²) in [5.74, 6) is -0.491. The summed E-state index contributed by atoms with van der Waals surface area (Å²) in [6.45, 7) is 4.60. The number of benzene rings is 3. The Bertz CT molecular complexity index is 1200. The summed E-state index contributed by atoms with van der Waals surface area (Å²) in [5, 5.41) is 4.87. The predicted molar refractivity (Wildman–Crippen MR) is 120 cm³/mol. The van der Waals surface area contributed by atoms with E-state index in [0.717, 1.165) is 27.6 Å². The second kappa shape index (κ2) is 8.20. The van der Waals surface area contributed by atoms with Crippen molar-refractivity contribution in [2.45, 2.75) is 31.6 Å². The molecule has 6 heteroatoms. The molecular formula is C24H26N2O3S. The summed E-state index contributed by atoms with van der Waals surface area (Å²) < 4.78 is 27.9. The lowest BCUT2D eigenvalue weighted by Crippen LogP contribution is -2.43. The Labute approximate surface area is 177 Å². The Hall–Kier alpha value is -2.70. The minimum absolute atomic E-state index is 0.125. The number of anilines is 1. The van der Waals surface area contributed by atoms with Crippen LogP contribution in [0.5, 0.6) is 0 Å². The van der Waals surface area contributed by atoms with Gasteiger partial charge in [-0.05, 0) is 61.2 Å². The van der Waals surface area contributed by atoms with Crippen LogP contribution in [0, 0.1) is 19.8 Å². The van der Waals surface area contributed by atoms with Crippen LogP contribution in [0.3, 0.4) is 0 Å². The molecule has 1 atom stereocenters. The summed E-state index contributed by atoms with van der Waals surface area (Å²) in [7, 11) is -3.65. The molecule has 1 fully saturated rings. The van der Waals surface area contributed by atoms with Gasteiger partial charge in [-0.1, -0.05) is 48.0 Å². The fourth-order valence-electron chi connectivity index (χ4n) is 4.04. The molecule has 0 unspecified atom stereocenters. The van der Waals surface area contributed by atoms with Crippen molar-refractivity contribution in [2.75, 3.05) is 18.4 Å². The summed E-state index contributed by atoms with van der Waals surface area (Å²) >= 11 is 0. The standard InChI is InChI=1S/C24H26N2O3S/c1-17-9-12-23(18(2)14-17)25-24(27)21-8-5-13-26(16-21)30(28,29)22-11-10-19-6-3-4-7-20(19)15-22/h3-4,6-7,9-12,14-15,21H,5,8,13,16H2,1-2H3,(H,25,27)/t21-/m1/s1. The van der Waals surface area contributed by atoms with Crippen molar-refractivity contribution in [3.8, 4) is 0 Å². The lowest BCUT2D eigenvalue weighted by Gasteiger charge is -2.31. The predicted octanol–water partition coefficient (Wildman–Crippen LogP) is 4.50. The molecule has 1 aliphatic heterocycles. The van der Waals surface area contributed by atoms with Gasteiger partial charge in [-0.25, -0.2) is 8.42 Å². The number of carbonyl (C=O) groups is 1. The van der Waals surface area contributed by atoms with Gasteiger partial charge in [-0.3, -0.25) is 4.79 Å². The molecule has 0 aromatic heterocycles. The van der Waals surface area contributed by atoms with Crippen molar-refractivity contribution >= 4 is 32.4 Å². The first-order valence-corrected chi connectivity index (χ1v) is 11.7. The summed E-state index contributed by atoms with van der Waals surface area (Å²) in [5.41, 5.74) is 2.91. The maximum atomic E-state index is 13.2. The normalized spacial score (nSPS) is 17.7. The largest absolute Gasteiger partial charge is 0.326 e. The second-order valence-electron chi connectivity index (χ2n) is 8.02. The van der Waals surface area contributed by atoms with E-state index in [0.29, 0.717) is 19.4 Å². The maximum Gasteiger partial charge on any atom is 0.243 e. The number of carbonyl (C=O) groups excluding carboxylic acids is 1. The molecule has 0 saturated carbocycles. The topological polar surface area (TPSA) is 66.5 Å². The summed E-state index contributed by atoms with van der Waals surface area (Å²) in [6.07, 6.45) is 1.35. The molecule has 1 heterocycles. The molecule has 0 aliphatic carbocycles. The van der Waals surface area contributed by atoms with Crippen molar-refractivity contribution in [1.82, 2.24) is 4.31 Å². The maximum absolute atomic E-state index is 13.2. The Morgan fingerprint density at radius 2 is 1.77 bits per heavy atom. The van der Waals surface area contributed by atoms with E-state index in [2.05, 4.69) is 5.32 Å². The van der Waals surface area contributed by atoms with Gasteiger partial charge in [0.1, 0.15) is 0 Å². The smallest absolute Gasteiger partial charge is 0.243 e. The highest BCUT2D eigenvalue weighted by Gasteiger charge is 2.33. The SMILES string of the molecule is Cc1ccc(NC(=O)[C@@H]2CCCN(S(=O)(=O)c3ccc4ccccc4c3)C2)c(C)c1. The number of rotatable bonds is 4. The molecule has 3 aromatic rings. The highest BCUT2D eigenvalue weighted by molar-refractivity contribution is 7.89. The highest BCUT2D eigenvalue weighted by atomic mass is 32.2. The number of hydrogen-bond donors (Lipinski definition) is 1. The zero-order valence-corrected chi connectivity index (χ0v) is 18.1.